The molecule has 2 heterocycles. The largest absolute Gasteiger partial charge is 0.386 e. The number of aromatic nitrogens is 1. The maximum atomic E-state index is 10.5. The Morgan fingerprint density at radius 2 is 2.07 bits per heavy atom. The lowest BCUT2D eigenvalue weighted by molar-refractivity contribution is 0.184. The van der Waals surface area contributed by atoms with Crippen molar-refractivity contribution >= 4 is 51.4 Å². The number of nitrogens with zero attached hydrogens (tertiary/aromatic N) is 2. The van der Waals surface area contributed by atoms with Crippen molar-refractivity contribution in [1.82, 2.24) is 15.6 Å². The van der Waals surface area contributed by atoms with Crippen LogP contribution >= 0.6 is 35.3 Å². The van der Waals surface area contributed by atoms with Crippen LogP contribution in [0.25, 0.3) is 10.1 Å². The SMILES string of the molecule is CN=C(NCCc1ccncc1C)NCC(O)c1cc2ccccc2s1.I. The Morgan fingerprint density at radius 3 is 2.81 bits per heavy atom. The van der Waals surface area contributed by atoms with Crippen LogP contribution in [-0.2, 0) is 6.42 Å². The zero-order chi connectivity index (χ0) is 18.4. The van der Waals surface area contributed by atoms with Gasteiger partial charge in [-0.3, -0.25) is 9.98 Å². The average Bonchev–Trinajstić information content (AvgIpc) is 3.10. The number of aliphatic hydroxyl groups is 1. The van der Waals surface area contributed by atoms with Crippen molar-refractivity contribution in [2.75, 3.05) is 20.1 Å². The lowest BCUT2D eigenvalue weighted by Crippen LogP contribution is -2.40. The molecule has 5 nitrogen and oxygen atoms in total. The molecule has 0 aliphatic heterocycles. The van der Waals surface area contributed by atoms with Gasteiger partial charge in [-0.15, -0.1) is 35.3 Å². The van der Waals surface area contributed by atoms with Gasteiger partial charge in [-0.1, -0.05) is 18.2 Å². The molecule has 3 N–H and O–H groups in total. The molecule has 0 aliphatic rings. The molecule has 0 amide bonds. The van der Waals surface area contributed by atoms with Crippen molar-refractivity contribution in [1.29, 1.82) is 0 Å². The van der Waals surface area contributed by atoms with Gasteiger partial charge in [0.2, 0.25) is 0 Å². The Labute approximate surface area is 181 Å². The first kappa shape index (κ1) is 21.6. The summed E-state index contributed by atoms with van der Waals surface area (Å²) in [6.45, 7) is 3.25. The number of halogens is 1. The Bertz CT molecular complexity index is 863. The number of aliphatic hydroxyl groups excluding tert-OH is 1. The zero-order valence-corrected chi connectivity index (χ0v) is 18.6. The van der Waals surface area contributed by atoms with E-state index < -0.39 is 6.10 Å². The summed E-state index contributed by atoms with van der Waals surface area (Å²) in [7, 11) is 1.73. The fourth-order valence-corrected chi connectivity index (χ4v) is 3.83. The molecule has 27 heavy (non-hydrogen) atoms. The van der Waals surface area contributed by atoms with Crippen molar-refractivity contribution in [3.63, 3.8) is 0 Å². The van der Waals surface area contributed by atoms with Crippen molar-refractivity contribution in [2.45, 2.75) is 19.4 Å². The minimum atomic E-state index is -0.562. The van der Waals surface area contributed by atoms with E-state index in [9.17, 15) is 5.11 Å². The summed E-state index contributed by atoms with van der Waals surface area (Å²) in [5, 5.41) is 18.1. The highest BCUT2D eigenvalue weighted by Crippen LogP contribution is 2.29. The third-order valence-electron chi connectivity index (χ3n) is 4.28. The Morgan fingerprint density at radius 1 is 1.26 bits per heavy atom. The standard InChI is InChI=1S/C20H24N4OS.HI/c1-14-12-22-9-7-15(14)8-10-23-20(21-2)24-13-17(25)19-11-16-5-3-4-6-18(16)26-19;/h3-7,9,11-12,17,25H,8,10,13H2,1-2H3,(H2,21,23,24);1H. The molecule has 0 radical (unpaired) electrons. The summed E-state index contributed by atoms with van der Waals surface area (Å²) in [5.41, 5.74) is 2.46. The number of hydrogen-bond acceptors (Lipinski definition) is 4. The normalized spacial score (nSPS) is 12.5. The van der Waals surface area contributed by atoms with Gasteiger partial charge in [-0.25, -0.2) is 0 Å². The fourth-order valence-electron chi connectivity index (χ4n) is 2.78. The molecule has 1 unspecified atom stereocenters. The van der Waals surface area contributed by atoms with Crippen LogP contribution in [0.1, 0.15) is 22.1 Å². The molecule has 0 aliphatic carbocycles. The molecule has 3 aromatic rings. The van der Waals surface area contributed by atoms with Gasteiger partial charge in [0, 0.05) is 42.1 Å². The van der Waals surface area contributed by atoms with Crippen molar-refractivity contribution in [2.24, 2.45) is 4.99 Å². The molecule has 1 atom stereocenters. The van der Waals surface area contributed by atoms with Crippen LogP contribution in [0.15, 0.2) is 53.8 Å². The summed E-state index contributed by atoms with van der Waals surface area (Å²) in [6.07, 6.45) is 4.03. The average molecular weight is 496 g/mol. The topological polar surface area (TPSA) is 69.5 Å². The predicted octanol–water partition coefficient (Wildman–Crippen LogP) is 3.66. The van der Waals surface area contributed by atoms with Gasteiger partial charge < -0.3 is 15.7 Å². The molecule has 0 saturated heterocycles. The third kappa shape index (κ3) is 5.88. The lowest BCUT2D eigenvalue weighted by Gasteiger charge is -2.15. The summed E-state index contributed by atoms with van der Waals surface area (Å²) < 4.78 is 1.19. The third-order valence-corrected chi connectivity index (χ3v) is 5.50. The molecule has 1 aromatic carbocycles. The van der Waals surface area contributed by atoms with E-state index in [1.807, 2.05) is 30.6 Å². The maximum absolute atomic E-state index is 10.5. The van der Waals surface area contributed by atoms with E-state index in [-0.39, 0.29) is 24.0 Å². The highest BCUT2D eigenvalue weighted by atomic mass is 127. The first-order chi connectivity index (χ1) is 12.7. The number of benzene rings is 1. The molecular formula is C20H25IN4OS. The predicted molar refractivity (Wildman–Crippen MR) is 124 cm³/mol. The molecule has 2 aromatic heterocycles. The Kier molecular flexibility index (Phi) is 8.46. The molecule has 0 fully saturated rings. The molecule has 0 bridgehead atoms. The molecule has 0 saturated carbocycles. The molecular weight excluding hydrogens is 471 g/mol. The van der Waals surface area contributed by atoms with Gasteiger partial charge >= 0.3 is 0 Å². The summed E-state index contributed by atoms with van der Waals surface area (Å²) in [5.74, 6) is 0.692. The number of nitrogens with one attached hydrogen (secondary N) is 2. The first-order valence-corrected chi connectivity index (χ1v) is 9.49. The van der Waals surface area contributed by atoms with E-state index in [1.165, 1.54) is 21.2 Å². The van der Waals surface area contributed by atoms with Crippen LogP contribution in [0.2, 0.25) is 0 Å². The first-order valence-electron chi connectivity index (χ1n) is 8.68. The van der Waals surface area contributed by atoms with Crippen molar-refractivity contribution in [3.8, 4) is 0 Å². The number of thiophene rings is 1. The van der Waals surface area contributed by atoms with Gasteiger partial charge in [-0.05, 0) is 48.1 Å². The van der Waals surface area contributed by atoms with Crippen LogP contribution in [0, 0.1) is 6.92 Å². The Balaban J connectivity index is 0.00000261. The second-order valence-electron chi connectivity index (χ2n) is 6.13. The van der Waals surface area contributed by atoms with Crippen LogP contribution in [0.4, 0.5) is 0 Å². The van der Waals surface area contributed by atoms with Crippen molar-refractivity contribution < 1.29 is 5.11 Å². The smallest absolute Gasteiger partial charge is 0.191 e. The molecule has 3 rings (SSSR count). The summed E-state index contributed by atoms with van der Waals surface area (Å²) in [4.78, 5) is 9.30. The van der Waals surface area contributed by atoms with E-state index in [0.29, 0.717) is 12.5 Å². The highest BCUT2D eigenvalue weighted by Gasteiger charge is 2.12. The van der Waals surface area contributed by atoms with Gasteiger partial charge in [-0.2, -0.15) is 0 Å². The zero-order valence-electron chi connectivity index (χ0n) is 15.5. The number of fused-ring (bicyclic) bond motifs is 1. The van der Waals surface area contributed by atoms with Crippen LogP contribution in [-0.4, -0.2) is 36.2 Å². The van der Waals surface area contributed by atoms with Crippen LogP contribution in [0.3, 0.4) is 0 Å². The Hall–Kier alpha value is -1.71. The van der Waals surface area contributed by atoms with Gasteiger partial charge in [0.1, 0.15) is 6.10 Å². The van der Waals surface area contributed by atoms with E-state index >= 15 is 0 Å². The molecule has 144 valence electrons. The number of aliphatic imine (C=N–C) groups is 1. The number of hydrogen-bond donors (Lipinski definition) is 3. The summed E-state index contributed by atoms with van der Waals surface area (Å²) in [6, 6.07) is 12.3. The molecule has 7 heteroatoms. The van der Waals surface area contributed by atoms with Crippen LogP contribution < -0.4 is 10.6 Å². The van der Waals surface area contributed by atoms with E-state index in [1.54, 1.807) is 18.4 Å². The number of aryl methyl sites for hydroxylation is 1. The fraction of sp³-hybridized carbons (Fsp3) is 0.300. The minimum absolute atomic E-state index is 0. The highest BCUT2D eigenvalue weighted by molar-refractivity contribution is 14.0. The van der Waals surface area contributed by atoms with E-state index in [2.05, 4.69) is 45.7 Å². The molecule has 0 spiro atoms. The number of rotatable bonds is 6. The van der Waals surface area contributed by atoms with Gasteiger partial charge in [0.15, 0.2) is 5.96 Å². The second-order valence-corrected chi connectivity index (χ2v) is 7.25. The van der Waals surface area contributed by atoms with Crippen LogP contribution in [0.5, 0.6) is 0 Å². The van der Waals surface area contributed by atoms with Gasteiger partial charge in [0.25, 0.3) is 0 Å². The van der Waals surface area contributed by atoms with Gasteiger partial charge in [0.05, 0.1) is 0 Å². The maximum Gasteiger partial charge on any atom is 0.191 e. The number of pyridine rings is 1. The number of guanidine groups is 1. The second kappa shape index (κ2) is 10.6. The quantitative estimate of drug-likeness (QED) is 0.277. The minimum Gasteiger partial charge on any atom is -0.386 e. The van der Waals surface area contributed by atoms with Crippen molar-refractivity contribution in [3.05, 3.63) is 64.8 Å². The summed E-state index contributed by atoms with van der Waals surface area (Å²) >= 11 is 1.63. The van der Waals surface area contributed by atoms with E-state index in [0.717, 1.165) is 17.8 Å². The van der Waals surface area contributed by atoms with E-state index in [4.69, 9.17) is 0 Å². The monoisotopic (exact) mass is 496 g/mol. The lowest BCUT2D eigenvalue weighted by atomic mass is 10.1.